The first kappa shape index (κ1) is 16.6. The highest BCUT2D eigenvalue weighted by molar-refractivity contribution is 5.37. The number of hydrogen-bond donors (Lipinski definition) is 2. The Morgan fingerprint density at radius 1 is 1.33 bits per heavy atom. The predicted molar refractivity (Wildman–Crippen MR) is 85.7 cm³/mol. The molecule has 130 valence electrons. The van der Waals surface area contributed by atoms with Gasteiger partial charge in [-0.1, -0.05) is 5.16 Å². The Morgan fingerprint density at radius 2 is 2.17 bits per heavy atom. The molecule has 3 N–H and O–H groups in total. The molecule has 2 aromatic rings. The molecule has 0 bridgehead atoms. The lowest BCUT2D eigenvalue weighted by molar-refractivity contribution is 0.177. The molecule has 9 nitrogen and oxygen atoms in total. The second-order valence-electron chi connectivity index (χ2n) is 5.89. The van der Waals surface area contributed by atoms with E-state index < -0.39 is 0 Å². The van der Waals surface area contributed by atoms with Crippen LogP contribution in [-0.4, -0.2) is 46.6 Å². The van der Waals surface area contributed by atoms with Gasteiger partial charge in [-0.25, -0.2) is 14.6 Å². The molecule has 0 radical (unpaired) electrons. The van der Waals surface area contributed by atoms with E-state index in [9.17, 15) is 0 Å². The summed E-state index contributed by atoms with van der Waals surface area (Å²) in [4.78, 5) is 9.02. The lowest BCUT2D eigenvalue weighted by Gasteiger charge is -2.32. The van der Waals surface area contributed by atoms with Crippen molar-refractivity contribution in [3.05, 3.63) is 23.3 Å². The molecular formula is C15H22N6O3. The number of aromatic nitrogens is 4. The van der Waals surface area contributed by atoms with Crippen molar-refractivity contribution in [2.45, 2.75) is 38.3 Å². The van der Waals surface area contributed by atoms with Gasteiger partial charge >= 0.3 is 0 Å². The number of methoxy groups -OCH3 is 1. The van der Waals surface area contributed by atoms with Crippen molar-refractivity contribution in [3.8, 4) is 5.88 Å². The predicted octanol–water partition coefficient (Wildman–Crippen LogP) is 1.01. The Bertz CT molecular complexity index is 671. The lowest BCUT2D eigenvalue weighted by Crippen LogP contribution is -2.35. The Balaban J connectivity index is 1.58. The van der Waals surface area contributed by atoms with Gasteiger partial charge in [0.2, 0.25) is 0 Å². The number of ether oxygens (including phenoxy) is 2. The fourth-order valence-corrected chi connectivity index (χ4v) is 2.60. The quantitative estimate of drug-likeness (QED) is 0.681. The molecule has 0 aliphatic heterocycles. The van der Waals surface area contributed by atoms with Gasteiger partial charge in [0.15, 0.2) is 5.82 Å². The third kappa shape index (κ3) is 3.98. The van der Waals surface area contributed by atoms with Crippen molar-refractivity contribution in [2.24, 2.45) is 5.73 Å². The monoisotopic (exact) mass is 334 g/mol. The lowest BCUT2D eigenvalue weighted by atomic mass is 9.78. The largest absolute Gasteiger partial charge is 0.472 e. The van der Waals surface area contributed by atoms with Gasteiger partial charge in [-0.2, -0.15) is 0 Å². The van der Waals surface area contributed by atoms with E-state index in [1.807, 2.05) is 6.07 Å². The molecule has 0 aromatic carbocycles. The van der Waals surface area contributed by atoms with Gasteiger partial charge in [0.25, 0.3) is 5.88 Å². The summed E-state index contributed by atoms with van der Waals surface area (Å²) in [5.74, 6) is 2.23. The average molecular weight is 334 g/mol. The summed E-state index contributed by atoms with van der Waals surface area (Å²) in [7, 11) is 1.63. The van der Waals surface area contributed by atoms with Crippen molar-refractivity contribution >= 4 is 5.82 Å². The Labute approximate surface area is 139 Å². The molecule has 1 fully saturated rings. The fourth-order valence-electron chi connectivity index (χ4n) is 2.60. The van der Waals surface area contributed by atoms with Crippen LogP contribution in [0.25, 0.3) is 0 Å². The van der Waals surface area contributed by atoms with E-state index in [0.29, 0.717) is 43.1 Å². The van der Waals surface area contributed by atoms with Crippen LogP contribution in [0.4, 0.5) is 5.82 Å². The minimum Gasteiger partial charge on any atom is -0.472 e. The summed E-state index contributed by atoms with van der Waals surface area (Å²) in [6, 6.07) is 2.25. The van der Waals surface area contributed by atoms with Crippen molar-refractivity contribution in [3.63, 3.8) is 0 Å². The van der Waals surface area contributed by atoms with E-state index in [1.165, 1.54) is 0 Å². The van der Waals surface area contributed by atoms with Gasteiger partial charge in [0.05, 0.1) is 6.54 Å². The number of nitrogens with one attached hydrogen (secondary N) is 1. The molecule has 0 amide bonds. The number of nitrogens with two attached hydrogens (primary N) is 1. The number of hydrogen-bond acceptors (Lipinski definition) is 9. The van der Waals surface area contributed by atoms with Crippen molar-refractivity contribution < 1.29 is 14.1 Å². The summed E-state index contributed by atoms with van der Waals surface area (Å²) in [6.07, 6.45) is 1.93. The van der Waals surface area contributed by atoms with E-state index in [2.05, 4.69) is 30.2 Å². The molecule has 2 heterocycles. The van der Waals surface area contributed by atoms with Crippen LogP contribution in [0, 0.1) is 6.92 Å². The number of rotatable bonds is 8. The number of nitrogens with zero attached hydrogens (tertiary/aromatic N) is 4. The number of aryl methyl sites for hydroxylation is 1. The molecule has 0 spiro atoms. The molecule has 0 saturated heterocycles. The maximum atomic E-state index is 5.88. The first-order valence-corrected chi connectivity index (χ1v) is 7.94. The van der Waals surface area contributed by atoms with Crippen molar-refractivity contribution in [2.75, 3.05) is 25.6 Å². The Morgan fingerprint density at radius 3 is 2.83 bits per heavy atom. The van der Waals surface area contributed by atoms with E-state index in [1.54, 1.807) is 14.0 Å². The highest BCUT2D eigenvalue weighted by Gasteiger charge is 2.29. The Hall–Kier alpha value is -2.26. The first-order chi connectivity index (χ1) is 11.7. The topological polar surface area (TPSA) is 121 Å². The number of anilines is 1. The van der Waals surface area contributed by atoms with Crippen LogP contribution in [0.2, 0.25) is 0 Å². The van der Waals surface area contributed by atoms with E-state index in [-0.39, 0.29) is 6.04 Å². The third-order valence-corrected chi connectivity index (χ3v) is 3.92. The van der Waals surface area contributed by atoms with Crippen LogP contribution >= 0.6 is 0 Å². The van der Waals surface area contributed by atoms with Crippen LogP contribution < -0.4 is 15.8 Å². The second-order valence-corrected chi connectivity index (χ2v) is 5.89. The van der Waals surface area contributed by atoms with Gasteiger partial charge in [0, 0.05) is 30.8 Å². The molecule has 9 heteroatoms. The van der Waals surface area contributed by atoms with E-state index in [4.69, 9.17) is 15.2 Å². The SMILES string of the molecule is COCc1nc(NCCOc2nonc2C)cc(C2CC(N)C2)n1. The maximum Gasteiger partial charge on any atom is 0.278 e. The van der Waals surface area contributed by atoms with Crippen molar-refractivity contribution in [1.29, 1.82) is 0 Å². The van der Waals surface area contributed by atoms with E-state index >= 15 is 0 Å². The van der Waals surface area contributed by atoms with Crippen LogP contribution in [-0.2, 0) is 11.3 Å². The molecule has 0 atom stereocenters. The average Bonchev–Trinajstić information content (AvgIpc) is 2.94. The van der Waals surface area contributed by atoms with Gasteiger partial charge < -0.3 is 20.5 Å². The van der Waals surface area contributed by atoms with Gasteiger partial charge in [0.1, 0.15) is 24.7 Å². The second kappa shape index (κ2) is 7.54. The molecule has 3 rings (SSSR count). The fraction of sp³-hybridized carbons (Fsp3) is 0.600. The Kier molecular flexibility index (Phi) is 5.21. The van der Waals surface area contributed by atoms with Gasteiger partial charge in [-0.05, 0) is 24.9 Å². The zero-order chi connectivity index (χ0) is 16.9. The summed E-state index contributed by atoms with van der Waals surface area (Å²) in [5.41, 5.74) is 7.52. The highest BCUT2D eigenvalue weighted by Crippen LogP contribution is 2.35. The van der Waals surface area contributed by atoms with Crippen LogP contribution in [0.1, 0.15) is 36.0 Å². The zero-order valence-electron chi connectivity index (χ0n) is 13.9. The molecule has 0 unspecified atom stereocenters. The van der Waals surface area contributed by atoms with Crippen LogP contribution in [0.15, 0.2) is 10.7 Å². The molecule has 1 aliphatic rings. The third-order valence-electron chi connectivity index (χ3n) is 3.92. The normalized spacial score (nSPS) is 19.8. The minimum atomic E-state index is 0.278. The summed E-state index contributed by atoms with van der Waals surface area (Å²) < 4.78 is 15.2. The zero-order valence-corrected chi connectivity index (χ0v) is 13.9. The maximum absolute atomic E-state index is 5.88. The summed E-state index contributed by atoms with van der Waals surface area (Å²) in [5, 5.41) is 10.6. The molecule has 1 aliphatic carbocycles. The highest BCUT2D eigenvalue weighted by atomic mass is 16.6. The first-order valence-electron chi connectivity index (χ1n) is 7.94. The minimum absolute atomic E-state index is 0.278. The molecular weight excluding hydrogens is 312 g/mol. The van der Waals surface area contributed by atoms with Crippen LogP contribution in [0.5, 0.6) is 5.88 Å². The smallest absolute Gasteiger partial charge is 0.278 e. The van der Waals surface area contributed by atoms with Crippen molar-refractivity contribution in [1.82, 2.24) is 20.3 Å². The molecule has 1 saturated carbocycles. The van der Waals surface area contributed by atoms with Crippen LogP contribution in [0.3, 0.4) is 0 Å². The summed E-state index contributed by atoms with van der Waals surface area (Å²) >= 11 is 0. The van der Waals surface area contributed by atoms with Gasteiger partial charge in [-0.3, -0.25) is 0 Å². The molecule has 24 heavy (non-hydrogen) atoms. The molecule has 2 aromatic heterocycles. The standard InChI is InChI=1S/C15H22N6O3/c1-9-15(21-24-20-9)23-4-3-17-13-7-12(10-5-11(16)6-10)18-14(19-13)8-22-2/h7,10-11H,3-6,8,16H2,1-2H3,(H,17,18,19). The summed E-state index contributed by atoms with van der Waals surface area (Å²) in [6.45, 7) is 3.14. The van der Waals surface area contributed by atoms with E-state index in [0.717, 1.165) is 24.4 Å². The van der Waals surface area contributed by atoms with Gasteiger partial charge in [-0.15, -0.1) is 0 Å².